The SMILES string of the molecule is CC(N)CN(CC12CC3CC(CC(C3)C1)C2)C(N)=O. The highest BCUT2D eigenvalue weighted by molar-refractivity contribution is 5.72. The highest BCUT2D eigenvalue weighted by atomic mass is 16.2. The maximum atomic E-state index is 11.7. The van der Waals surface area contributed by atoms with Crippen molar-refractivity contribution in [2.45, 2.75) is 51.5 Å². The Bertz CT molecular complexity index is 331. The molecule has 0 aromatic rings. The fourth-order valence-electron chi connectivity index (χ4n) is 5.47. The van der Waals surface area contributed by atoms with Crippen molar-refractivity contribution in [3.05, 3.63) is 0 Å². The second kappa shape index (κ2) is 4.65. The lowest BCUT2D eigenvalue weighted by molar-refractivity contribution is -0.0637. The molecule has 4 aliphatic rings. The lowest BCUT2D eigenvalue weighted by atomic mass is 9.49. The first kappa shape index (κ1) is 13.2. The van der Waals surface area contributed by atoms with Gasteiger partial charge in [0.1, 0.15) is 0 Å². The van der Waals surface area contributed by atoms with E-state index in [1.165, 1.54) is 38.5 Å². The van der Waals surface area contributed by atoms with E-state index >= 15 is 0 Å². The Morgan fingerprint density at radius 2 is 1.68 bits per heavy atom. The van der Waals surface area contributed by atoms with Gasteiger partial charge in [0.25, 0.3) is 0 Å². The van der Waals surface area contributed by atoms with Crippen LogP contribution in [0.4, 0.5) is 4.79 Å². The minimum atomic E-state index is -0.298. The van der Waals surface area contributed by atoms with Crippen molar-refractivity contribution >= 4 is 6.03 Å². The molecule has 0 saturated heterocycles. The normalized spacial score (nSPS) is 41.3. The molecule has 1 unspecified atom stereocenters. The lowest BCUT2D eigenvalue weighted by Gasteiger charge is -2.57. The van der Waals surface area contributed by atoms with Gasteiger partial charge in [-0.25, -0.2) is 4.79 Å². The monoisotopic (exact) mass is 265 g/mol. The fourth-order valence-corrected chi connectivity index (χ4v) is 5.47. The van der Waals surface area contributed by atoms with Gasteiger partial charge >= 0.3 is 6.03 Å². The van der Waals surface area contributed by atoms with E-state index in [1.54, 1.807) is 4.90 Å². The molecule has 4 bridgehead atoms. The first-order valence-corrected chi connectivity index (χ1v) is 7.76. The summed E-state index contributed by atoms with van der Waals surface area (Å²) in [6, 6.07) is -0.297. The van der Waals surface area contributed by atoms with Gasteiger partial charge in [0.2, 0.25) is 0 Å². The molecule has 4 nitrogen and oxygen atoms in total. The summed E-state index contributed by atoms with van der Waals surface area (Å²) in [5, 5.41) is 0. The summed E-state index contributed by atoms with van der Waals surface area (Å²) in [7, 11) is 0. The van der Waals surface area contributed by atoms with Crippen LogP contribution >= 0.6 is 0 Å². The summed E-state index contributed by atoms with van der Waals surface area (Å²) in [5.41, 5.74) is 11.8. The number of urea groups is 1. The molecule has 4 fully saturated rings. The molecule has 4 saturated carbocycles. The Labute approximate surface area is 115 Å². The number of hydrogen-bond donors (Lipinski definition) is 2. The molecule has 0 radical (unpaired) electrons. The minimum Gasteiger partial charge on any atom is -0.351 e. The number of rotatable bonds is 4. The second-order valence-electron chi connectivity index (χ2n) is 7.61. The molecule has 0 heterocycles. The van der Waals surface area contributed by atoms with E-state index in [0.717, 1.165) is 24.3 Å². The summed E-state index contributed by atoms with van der Waals surface area (Å²) in [6.45, 7) is 3.38. The Morgan fingerprint density at radius 1 is 1.21 bits per heavy atom. The van der Waals surface area contributed by atoms with Crippen LogP contribution in [0.25, 0.3) is 0 Å². The van der Waals surface area contributed by atoms with Gasteiger partial charge < -0.3 is 16.4 Å². The van der Waals surface area contributed by atoms with E-state index < -0.39 is 0 Å². The molecule has 0 aromatic heterocycles. The number of carbonyl (C=O) groups excluding carboxylic acids is 1. The third-order valence-electron chi connectivity index (χ3n) is 5.51. The predicted molar refractivity (Wildman–Crippen MR) is 75.4 cm³/mol. The third kappa shape index (κ3) is 2.60. The van der Waals surface area contributed by atoms with Crippen molar-refractivity contribution in [1.29, 1.82) is 0 Å². The topological polar surface area (TPSA) is 72.3 Å². The van der Waals surface area contributed by atoms with Crippen LogP contribution in [-0.2, 0) is 0 Å². The van der Waals surface area contributed by atoms with Gasteiger partial charge in [-0.2, -0.15) is 0 Å². The molecule has 0 spiro atoms. The van der Waals surface area contributed by atoms with Gasteiger partial charge in [-0.05, 0) is 68.6 Å². The van der Waals surface area contributed by atoms with Crippen LogP contribution < -0.4 is 11.5 Å². The summed E-state index contributed by atoms with van der Waals surface area (Å²) in [4.78, 5) is 13.5. The zero-order valence-corrected chi connectivity index (χ0v) is 12.0. The maximum absolute atomic E-state index is 11.7. The molecular formula is C15H27N3O. The van der Waals surface area contributed by atoms with Crippen molar-refractivity contribution in [2.24, 2.45) is 34.6 Å². The van der Waals surface area contributed by atoms with Gasteiger partial charge in [-0.1, -0.05) is 0 Å². The number of primary amides is 1. The minimum absolute atomic E-state index is 0.00131. The molecule has 2 amide bonds. The molecule has 1 atom stereocenters. The van der Waals surface area contributed by atoms with Crippen molar-refractivity contribution < 1.29 is 4.79 Å². The van der Waals surface area contributed by atoms with Crippen LogP contribution in [0.1, 0.15) is 45.4 Å². The van der Waals surface area contributed by atoms with Crippen molar-refractivity contribution in [3.8, 4) is 0 Å². The average molecular weight is 265 g/mol. The predicted octanol–water partition coefficient (Wildman–Crippen LogP) is 1.93. The van der Waals surface area contributed by atoms with Crippen LogP contribution in [0, 0.1) is 23.2 Å². The van der Waals surface area contributed by atoms with Crippen LogP contribution in [0.15, 0.2) is 0 Å². The second-order valence-corrected chi connectivity index (χ2v) is 7.61. The highest BCUT2D eigenvalue weighted by Crippen LogP contribution is 2.60. The van der Waals surface area contributed by atoms with Gasteiger partial charge in [-0.15, -0.1) is 0 Å². The molecule has 0 aromatic carbocycles. The average Bonchev–Trinajstić information content (AvgIpc) is 2.24. The Morgan fingerprint density at radius 3 is 2.05 bits per heavy atom. The Balaban J connectivity index is 1.72. The van der Waals surface area contributed by atoms with Gasteiger partial charge in [0, 0.05) is 19.1 Å². The quantitative estimate of drug-likeness (QED) is 0.815. The van der Waals surface area contributed by atoms with Crippen LogP contribution in [0.5, 0.6) is 0 Å². The smallest absolute Gasteiger partial charge is 0.314 e. The zero-order valence-electron chi connectivity index (χ0n) is 12.0. The van der Waals surface area contributed by atoms with Crippen molar-refractivity contribution in [1.82, 2.24) is 4.90 Å². The van der Waals surface area contributed by atoms with E-state index in [4.69, 9.17) is 11.5 Å². The number of carbonyl (C=O) groups is 1. The van der Waals surface area contributed by atoms with Gasteiger partial charge in [0.05, 0.1) is 0 Å². The molecular weight excluding hydrogens is 238 g/mol. The molecule has 19 heavy (non-hydrogen) atoms. The van der Waals surface area contributed by atoms with Gasteiger partial charge in [-0.3, -0.25) is 0 Å². The first-order chi connectivity index (χ1) is 8.96. The van der Waals surface area contributed by atoms with Crippen LogP contribution in [0.2, 0.25) is 0 Å². The van der Waals surface area contributed by atoms with Gasteiger partial charge in [0.15, 0.2) is 0 Å². The molecule has 108 valence electrons. The largest absolute Gasteiger partial charge is 0.351 e. The maximum Gasteiger partial charge on any atom is 0.314 e. The van der Waals surface area contributed by atoms with E-state index in [9.17, 15) is 4.79 Å². The Hall–Kier alpha value is -0.770. The lowest BCUT2D eigenvalue weighted by Crippen LogP contribution is -2.54. The highest BCUT2D eigenvalue weighted by Gasteiger charge is 2.51. The van der Waals surface area contributed by atoms with E-state index in [-0.39, 0.29) is 12.1 Å². The summed E-state index contributed by atoms with van der Waals surface area (Å²) >= 11 is 0. The summed E-state index contributed by atoms with van der Waals surface area (Å²) < 4.78 is 0. The summed E-state index contributed by atoms with van der Waals surface area (Å²) in [6.07, 6.45) is 8.22. The first-order valence-electron chi connectivity index (χ1n) is 7.76. The van der Waals surface area contributed by atoms with Crippen LogP contribution in [-0.4, -0.2) is 30.1 Å². The van der Waals surface area contributed by atoms with Crippen molar-refractivity contribution in [3.63, 3.8) is 0 Å². The van der Waals surface area contributed by atoms with E-state index in [1.807, 2.05) is 6.92 Å². The zero-order chi connectivity index (χ0) is 13.6. The van der Waals surface area contributed by atoms with Crippen molar-refractivity contribution in [2.75, 3.05) is 13.1 Å². The van der Waals surface area contributed by atoms with E-state index in [2.05, 4.69) is 0 Å². The Kier molecular flexibility index (Phi) is 3.24. The fraction of sp³-hybridized carbons (Fsp3) is 0.933. The third-order valence-corrected chi connectivity index (χ3v) is 5.51. The summed E-state index contributed by atoms with van der Waals surface area (Å²) in [5.74, 6) is 2.74. The molecule has 4 heteroatoms. The number of amides is 2. The molecule has 0 aliphatic heterocycles. The number of nitrogens with two attached hydrogens (primary N) is 2. The molecule has 4 N–H and O–H groups in total. The molecule has 4 aliphatic carbocycles. The van der Waals surface area contributed by atoms with E-state index in [0.29, 0.717) is 12.0 Å². The van der Waals surface area contributed by atoms with Crippen LogP contribution in [0.3, 0.4) is 0 Å². The standard InChI is InChI=1S/C15H27N3O/c1-10(16)8-18(14(17)19)9-15-5-11-2-12(6-15)4-13(3-11)7-15/h10-13H,2-9,16H2,1H3,(H2,17,19). The molecule has 4 rings (SSSR count). The number of hydrogen-bond acceptors (Lipinski definition) is 2. The number of nitrogens with zero attached hydrogens (tertiary/aromatic N) is 1.